The van der Waals surface area contributed by atoms with Gasteiger partial charge in [0, 0.05) is 28.3 Å². The molecule has 1 heterocycles. The minimum absolute atomic E-state index is 0.0742. The maximum atomic E-state index is 12.4. The molecule has 0 aliphatic rings. The Morgan fingerprint density at radius 2 is 1.89 bits per heavy atom. The van der Waals surface area contributed by atoms with E-state index in [-0.39, 0.29) is 5.91 Å². The van der Waals surface area contributed by atoms with Crippen LogP contribution in [0.4, 0.5) is 5.69 Å². The van der Waals surface area contributed by atoms with Gasteiger partial charge < -0.3 is 16.0 Å². The molecule has 1 aromatic heterocycles. The van der Waals surface area contributed by atoms with Crippen LogP contribution in [0.25, 0.3) is 10.9 Å². The fraction of sp³-hybridized carbons (Fsp3) is 0.400. The molecule has 2 aromatic rings. The van der Waals surface area contributed by atoms with Gasteiger partial charge in [0.05, 0.1) is 5.41 Å². The molecule has 4 heteroatoms. The van der Waals surface area contributed by atoms with Crippen LogP contribution in [0.5, 0.6) is 0 Å². The number of anilines is 1. The summed E-state index contributed by atoms with van der Waals surface area (Å²) in [6.07, 6.45) is 1.88. The molecule has 0 atom stereocenters. The van der Waals surface area contributed by atoms with Gasteiger partial charge in [-0.2, -0.15) is 0 Å². The van der Waals surface area contributed by atoms with Crippen LogP contribution in [0.2, 0.25) is 0 Å². The van der Waals surface area contributed by atoms with E-state index in [0.29, 0.717) is 0 Å². The second kappa shape index (κ2) is 4.38. The van der Waals surface area contributed by atoms with Crippen molar-refractivity contribution in [1.82, 2.24) is 4.98 Å². The Hall–Kier alpha value is -1.81. The van der Waals surface area contributed by atoms with Crippen molar-refractivity contribution in [3.8, 4) is 0 Å². The number of carbonyl (C=O) groups excluding carboxylic acids is 1. The van der Waals surface area contributed by atoms with Crippen LogP contribution < -0.4 is 11.1 Å². The molecular weight excluding hydrogens is 238 g/mol. The van der Waals surface area contributed by atoms with Crippen molar-refractivity contribution >= 4 is 22.5 Å². The van der Waals surface area contributed by atoms with Gasteiger partial charge >= 0.3 is 0 Å². The first-order valence-corrected chi connectivity index (χ1v) is 6.39. The van der Waals surface area contributed by atoms with Gasteiger partial charge in [0.2, 0.25) is 5.91 Å². The number of nitrogens with one attached hydrogen (secondary N) is 2. The van der Waals surface area contributed by atoms with Crippen molar-refractivity contribution in [3.05, 3.63) is 30.5 Å². The highest BCUT2D eigenvalue weighted by molar-refractivity contribution is 5.97. The van der Waals surface area contributed by atoms with Crippen molar-refractivity contribution in [2.45, 2.75) is 33.2 Å². The highest BCUT2D eigenvalue weighted by atomic mass is 16.2. The number of carbonyl (C=O) groups is 1. The number of aromatic amines is 1. The number of benzene rings is 1. The smallest absolute Gasteiger partial charge is 0.231 e. The van der Waals surface area contributed by atoms with E-state index >= 15 is 0 Å². The molecule has 0 spiro atoms. The summed E-state index contributed by atoms with van der Waals surface area (Å²) in [6, 6.07) is 7.76. The molecule has 0 fully saturated rings. The highest BCUT2D eigenvalue weighted by Crippen LogP contribution is 2.30. The molecule has 0 radical (unpaired) electrons. The van der Waals surface area contributed by atoms with E-state index in [0.717, 1.165) is 16.6 Å². The summed E-state index contributed by atoms with van der Waals surface area (Å²) in [5, 5.41) is 4.01. The van der Waals surface area contributed by atoms with Gasteiger partial charge in [-0.1, -0.05) is 0 Å². The molecule has 4 N–H and O–H groups in total. The average molecular weight is 259 g/mol. The van der Waals surface area contributed by atoms with Crippen LogP contribution in [-0.4, -0.2) is 16.4 Å². The van der Waals surface area contributed by atoms with Crippen molar-refractivity contribution in [3.63, 3.8) is 0 Å². The predicted molar refractivity (Wildman–Crippen MR) is 79.0 cm³/mol. The van der Waals surface area contributed by atoms with E-state index in [1.165, 1.54) is 0 Å². The van der Waals surface area contributed by atoms with Crippen LogP contribution in [0, 0.1) is 5.41 Å². The number of H-pyrrole nitrogens is 1. The quantitative estimate of drug-likeness (QED) is 0.793. The lowest BCUT2D eigenvalue weighted by Crippen LogP contribution is -2.53. The van der Waals surface area contributed by atoms with E-state index in [1.54, 1.807) is 0 Å². The Morgan fingerprint density at radius 1 is 1.21 bits per heavy atom. The number of fused-ring (bicyclic) bond motifs is 1. The third kappa shape index (κ3) is 2.49. The standard InChI is InChI=1S/C15H21N3O/c1-14(2,15(3,4)16)13(19)18-11-5-6-12-10(9-11)7-8-17-12/h5-9,17H,16H2,1-4H3,(H,18,19). The largest absolute Gasteiger partial charge is 0.361 e. The fourth-order valence-corrected chi connectivity index (χ4v) is 1.71. The minimum atomic E-state index is -0.653. The van der Waals surface area contributed by atoms with E-state index in [2.05, 4.69) is 10.3 Å². The summed E-state index contributed by atoms with van der Waals surface area (Å²) in [5.74, 6) is -0.0742. The van der Waals surface area contributed by atoms with Crippen molar-refractivity contribution < 1.29 is 4.79 Å². The van der Waals surface area contributed by atoms with Gasteiger partial charge in [0.15, 0.2) is 0 Å². The van der Waals surface area contributed by atoms with Crippen molar-refractivity contribution in [2.75, 3.05) is 5.32 Å². The Kier molecular flexibility index (Phi) is 3.14. The first-order chi connectivity index (χ1) is 8.72. The van der Waals surface area contributed by atoms with Gasteiger partial charge in [0.25, 0.3) is 0 Å². The normalized spacial score (nSPS) is 12.7. The minimum Gasteiger partial charge on any atom is -0.361 e. The van der Waals surface area contributed by atoms with Gasteiger partial charge in [-0.3, -0.25) is 4.79 Å². The maximum absolute atomic E-state index is 12.4. The van der Waals surface area contributed by atoms with E-state index in [9.17, 15) is 4.79 Å². The van der Waals surface area contributed by atoms with Crippen LogP contribution in [0.15, 0.2) is 30.5 Å². The number of amides is 1. The SMILES string of the molecule is CC(C)(N)C(C)(C)C(=O)Nc1ccc2[nH]ccc2c1. The first-order valence-electron chi connectivity index (χ1n) is 6.39. The average Bonchev–Trinajstić information content (AvgIpc) is 2.74. The van der Waals surface area contributed by atoms with Gasteiger partial charge in [-0.15, -0.1) is 0 Å². The first kappa shape index (κ1) is 13.6. The topological polar surface area (TPSA) is 70.9 Å². The summed E-state index contributed by atoms with van der Waals surface area (Å²) in [7, 11) is 0. The highest BCUT2D eigenvalue weighted by Gasteiger charge is 2.40. The molecule has 0 bridgehead atoms. The Morgan fingerprint density at radius 3 is 2.53 bits per heavy atom. The molecule has 0 saturated carbocycles. The van der Waals surface area contributed by atoms with Crippen molar-refractivity contribution in [1.29, 1.82) is 0 Å². The van der Waals surface area contributed by atoms with Gasteiger partial charge in [-0.05, 0) is 52.0 Å². The molecule has 0 saturated heterocycles. The number of aromatic nitrogens is 1. The van der Waals surface area contributed by atoms with Crippen LogP contribution in [-0.2, 0) is 4.79 Å². The molecule has 0 unspecified atom stereocenters. The zero-order chi connectivity index (χ0) is 14.3. The molecule has 1 aromatic carbocycles. The maximum Gasteiger partial charge on any atom is 0.231 e. The Balaban J connectivity index is 2.23. The lowest BCUT2D eigenvalue weighted by molar-refractivity contribution is -0.126. The Bertz CT molecular complexity index is 605. The van der Waals surface area contributed by atoms with Crippen LogP contribution >= 0.6 is 0 Å². The molecule has 4 nitrogen and oxygen atoms in total. The third-order valence-electron chi connectivity index (χ3n) is 3.99. The molecule has 0 aliphatic heterocycles. The predicted octanol–water partition coefficient (Wildman–Crippen LogP) is 2.87. The summed E-state index contributed by atoms with van der Waals surface area (Å²) in [6.45, 7) is 7.44. The lowest BCUT2D eigenvalue weighted by atomic mass is 9.74. The van der Waals surface area contributed by atoms with E-state index in [1.807, 2.05) is 58.2 Å². The van der Waals surface area contributed by atoms with Gasteiger partial charge in [0.1, 0.15) is 0 Å². The number of rotatable bonds is 3. The van der Waals surface area contributed by atoms with Crippen molar-refractivity contribution in [2.24, 2.45) is 11.1 Å². The van der Waals surface area contributed by atoms with E-state index < -0.39 is 11.0 Å². The second-order valence-corrected chi connectivity index (χ2v) is 6.08. The molecular formula is C15H21N3O. The number of hydrogen-bond acceptors (Lipinski definition) is 2. The molecule has 1 amide bonds. The fourth-order valence-electron chi connectivity index (χ4n) is 1.71. The molecule has 0 aliphatic carbocycles. The van der Waals surface area contributed by atoms with Crippen LogP contribution in [0.1, 0.15) is 27.7 Å². The number of nitrogens with two attached hydrogens (primary N) is 1. The zero-order valence-electron chi connectivity index (χ0n) is 11.9. The molecule has 19 heavy (non-hydrogen) atoms. The monoisotopic (exact) mass is 259 g/mol. The van der Waals surface area contributed by atoms with E-state index in [4.69, 9.17) is 5.73 Å². The third-order valence-corrected chi connectivity index (χ3v) is 3.99. The summed E-state index contributed by atoms with van der Waals surface area (Å²) >= 11 is 0. The van der Waals surface area contributed by atoms with Gasteiger partial charge in [-0.25, -0.2) is 0 Å². The summed E-state index contributed by atoms with van der Waals surface area (Å²) in [4.78, 5) is 15.5. The van der Waals surface area contributed by atoms with Crippen LogP contribution in [0.3, 0.4) is 0 Å². The lowest BCUT2D eigenvalue weighted by Gasteiger charge is -2.36. The summed E-state index contributed by atoms with van der Waals surface area (Å²) < 4.78 is 0. The zero-order valence-corrected chi connectivity index (χ0v) is 11.9. The molecule has 102 valence electrons. The Labute approximate surface area is 113 Å². The second-order valence-electron chi connectivity index (χ2n) is 6.08. The molecule has 2 rings (SSSR count). The summed E-state index contributed by atoms with van der Waals surface area (Å²) in [5.41, 5.74) is 6.67. The number of hydrogen-bond donors (Lipinski definition) is 3.